The van der Waals surface area contributed by atoms with Crippen molar-refractivity contribution < 1.29 is 14.3 Å². The summed E-state index contributed by atoms with van der Waals surface area (Å²) in [5.74, 6) is 0.390. The standard InChI is InChI=1S/C14H15FN2O2S2/c1-2-6-20-7-5-17-12-8-10(15)3-4-11(12)16-14(17)21-9-13(18)19/h2-4,8H,1,5-7,9H2,(H,18,19). The van der Waals surface area contributed by atoms with Gasteiger partial charge >= 0.3 is 5.97 Å². The van der Waals surface area contributed by atoms with Crippen LogP contribution < -0.4 is 0 Å². The molecule has 21 heavy (non-hydrogen) atoms. The zero-order chi connectivity index (χ0) is 15.2. The highest BCUT2D eigenvalue weighted by molar-refractivity contribution is 8.00. The lowest BCUT2D eigenvalue weighted by molar-refractivity contribution is -0.133. The number of benzene rings is 1. The van der Waals surface area contributed by atoms with E-state index in [9.17, 15) is 9.18 Å². The van der Waals surface area contributed by atoms with Gasteiger partial charge in [0.2, 0.25) is 0 Å². The van der Waals surface area contributed by atoms with Crippen molar-refractivity contribution in [1.82, 2.24) is 9.55 Å². The van der Waals surface area contributed by atoms with Gasteiger partial charge in [-0.25, -0.2) is 9.37 Å². The van der Waals surface area contributed by atoms with Crippen LogP contribution in [-0.2, 0) is 11.3 Å². The van der Waals surface area contributed by atoms with Crippen molar-refractivity contribution >= 4 is 40.5 Å². The first kappa shape index (κ1) is 15.9. The quantitative estimate of drug-likeness (QED) is 0.458. The predicted octanol–water partition coefficient (Wildman–Crippen LogP) is 3.27. The maximum atomic E-state index is 13.4. The summed E-state index contributed by atoms with van der Waals surface area (Å²) in [4.78, 5) is 15.1. The van der Waals surface area contributed by atoms with E-state index >= 15 is 0 Å². The third-order valence-corrected chi connectivity index (χ3v) is 4.60. The minimum absolute atomic E-state index is 0.0639. The van der Waals surface area contributed by atoms with Gasteiger partial charge in [-0.3, -0.25) is 4.79 Å². The second-order valence-electron chi connectivity index (χ2n) is 4.23. The van der Waals surface area contributed by atoms with E-state index in [0.717, 1.165) is 23.3 Å². The number of aryl methyl sites for hydroxylation is 1. The van der Waals surface area contributed by atoms with Gasteiger partial charge in [0.15, 0.2) is 5.16 Å². The zero-order valence-corrected chi connectivity index (χ0v) is 12.9. The molecule has 0 spiro atoms. The average molecular weight is 326 g/mol. The molecule has 0 amide bonds. The third kappa shape index (κ3) is 4.25. The first-order chi connectivity index (χ1) is 10.1. The van der Waals surface area contributed by atoms with Crippen molar-refractivity contribution in [2.24, 2.45) is 0 Å². The molecular formula is C14H15FN2O2S2. The Bertz CT molecular complexity index is 658. The number of halogens is 1. The van der Waals surface area contributed by atoms with Crippen LogP contribution in [0.25, 0.3) is 11.0 Å². The van der Waals surface area contributed by atoms with Crippen LogP contribution in [0.3, 0.4) is 0 Å². The molecule has 0 unspecified atom stereocenters. The minimum atomic E-state index is -0.897. The SMILES string of the molecule is C=CCSCCn1c(SCC(=O)O)nc2ccc(F)cc21. The number of carboxylic acid groups (broad SMARTS) is 1. The Kier molecular flexibility index (Phi) is 5.69. The highest BCUT2D eigenvalue weighted by Crippen LogP contribution is 2.25. The number of carboxylic acids is 1. The molecule has 2 aromatic rings. The van der Waals surface area contributed by atoms with E-state index in [1.807, 2.05) is 10.6 Å². The lowest BCUT2D eigenvalue weighted by Crippen LogP contribution is -2.05. The van der Waals surface area contributed by atoms with Gasteiger partial charge in [-0.05, 0) is 18.2 Å². The van der Waals surface area contributed by atoms with Crippen LogP contribution in [0.1, 0.15) is 0 Å². The Labute approximate surface area is 130 Å². The number of hydrogen-bond acceptors (Lipinski definition) is 4. The molecule has 112 valence electrons. The molecule has 0 saturated heterocycles. The average Bonchev–Trinajstić information content (AvgIpc) is 2.78. The molecule has 7 heteroatoms. The molecule has 0 atom stereocenters. The summed E-state index contributed by atoms with van der Waals surface area (Å²) in [6.07, 6.45) is 1.83. The molecule has 0 saturated carbocycles. The van der Waals surface area contributed by atoms with Crippen LogP contribution >= 0.6 is 23.5 Å². The zero-order valence-electron chi connectivity index (χ0n) is 11.3. The molecule has 1 aromatic carbocycles. The topological polar surface area (TPSA) is 55.1 Å². The number of thioether (sulfide) groups is 2. The van der Waals surface area contributed by atoms with Crippen molar-refractivity contribution in [3.8, 4) is 0 Å². The molecule has 0 bridgehead atoms. The summed E-state index contributed by atoms with van der Waals surface area (Å²) in [7, 11) is 0. The molecule has 0 radical (unpaired) electrons. The monoisotopic (exact) mass is 326 g/mol. The van der Waals surface area contributed by atoms with Crippen molar-refractivity contribution in [3.63, 3.8) is 0 Å². The van der Waals surface area contributed by atoms with Gasteiger partial charge in [-0.15, -0.1) is 6.58 Å². The number of hydrogen-bond donors (Lipinski definition) is 1. The van der Waals surface area contributed by atoms with Gasteiger partial charge in [-0.1, -0.05) is 17.8 Å². The van der Waals surface area contributed by atoms with Crippen LogP contribution in [0, 0.1) is 5.82 Å². The van der Waals surface area contributed by atoms with Gasteiger partial charge in [0.05, 0.1) is 16.8 Å². The van der Waals surface area contributed by atoms with E-state index in [4.69, 9.17) is 5.11 Å². The molecular weight excluding hydrogens is 311 g/mol. The highest BCUT2D eigenvalue weighted by Gasteiger charge is 2.13. The van der Waals surface area contributed by atoms with Gasteiger partial charge in [0, 0.05) is 18.1 Å². The van der Waals surface area contributed by atoms with Gasteiger partial charge in [-0.2, -0.15) is 11.8 Å². The lowest BCUT2D eigenvalue weighted by atomic mass is 10.3. The number of aliphatic carboxylic acids is 1. The van der Waals surface area contributed by atoms with E-state index in [1.165, 1.54) is 12.1 Å². The Hall–Kier alpha value is -1.47. The van der Waals surface area contributed by atoms with E-state index in [2.05, 4.69) is 11.6 Å². The Balaban J connectivity index is 2.26. The lowest BCUT2D eigenvalue weighted by Gasteiger charge is -2.07. The van der Waals surface area contributed by atoms with E-state index < -0.39 is 5.97 Å². The Morgan fingerprint density at radius 3 is 3.05 bits per heavy atom. The summed E-state index contributed by atoms with van der Waals surface area (Å²) in [5.41, 5.74) is 1.38. The molecule has 2 rings (SSSR count). The fraction of sp³-hybridized carbons (Fsp3) is 0.286. The number of imidazole rings is 1. The molecule has 0 fully saturated rings. The third-order valence-electron chi connectivity index (χ3n) is 2.69. The predicted molar refractivity (Wildman–Crippen MR) is 85.6 cm³/mol. The van der Waals surface area contributed by atoms with Crippen LogP contribution in [0.5, 0.6) is 0 Å². The maximum Gasteiger partial charge on any atom is 0.313 e. The van der Waals surface area contributed by atoms with Crippen LogP contribution in [-0.4, -0.2) is 37.9 Å². The number of nitrogens with zero attached hydrogens (tertiary/aromatic N) is 2. The fourth-order valence-corrected chi connectivity index (χ4v) is 3.25. The van der Waals surface area contributed by atoms with Gasteiger partial charge < -0.3 is 9.67 Å². The van der Waals surface area contributed by atoms with E-state index in [-0.39, 0.29) is 11.6 Å². The maximum absolute atomic E-state index is 13.4. The molecule has 0 aliphatic rings. The van der Waals surface area contributed by atoms with Crippen molar-refractivity contribution in [1.29, 1.82) is 0 Å². The van der Waals surface area contributed by atoms with E-state index in [0.29, 0.717) is 22.7 Å². The number of rotatable bonds is 8. The van der Waals surface area contributed by atoms with Crippen LogP contribution in [0.15, 0.2) is 36.0 Å². The van der Waals surface area contributed by atoms with Crippen LogP contribution in [0.2, 0.25) is 0 Å². The molecule has 1 N–H and O–H groups in total. The van der Waals surface area contributed by atoms with Crippen LogP contribution in [0.4, 0.5) is 4.39 Å². The van der Waals surface area contributed by atoms with Crippen molar-refractivity contribution in [2.75, 3.05) is 17.3 Å². The van der Waals surface area contributed by atoms with Crippen molar-refractivity contribution in [3.05, 3.63) is 36.7 Å². The Morgan fingerprint density at radius 2 is 2.33 bits per heavy atom. The normalized spacial score (nSPS) is 10.9. The molecule has 0 aliphatic heterocycles. The molecule has 4 nitrogen and oxygen atoms in total. The second-order valence-corrected chi connectivity index (χ2v) is 6.32. The summed E-state index contributed by atoms with van der Waals surface area (Å²) in [6, 6.07) is 4.41. The number of aromatic nitrogens is 2. The molecule has 0 aliphatic carbocycles. The number of carbonyl (C=O) groups is 1. The summed E-state index contributed by atoms with van der Waals surface area (Å²) in [6.45, 7) is 4.32. The number of fused-ring (bicyclic) bond motifs is 1. The molecule has 1 aromatic heterocycles. The fourth-order valence-electron chi connectivity index (χ4n) is 1.85. The first-order valence-corrected chi connectivity index (χ1v) is 8.45. The summed E-state index contributed by atoms with van der Waals surface area (Å²) in [5, 5.41) is 9.41. The summed E-state index contributed by atoms with van der Waals surface area (Å²) < 4.78 is 15.3. The second kappa shape index (κ2) is 7.51. The highest BCUT2D eigenvalue weighted by atomic mass is 32.2. The first-order valence-electron chi connectivity index (χ1n) is 6.31. The Morgan fingerprint density at radius 1 is 1.52 bits per heavy atom. The molecule has 1 heterocycles. The van der Waals surface area contributed by atoms with Gasteiger partial charge in [0.1, 0.15) is 5.82 Å². The smallest absolute Gasteiger partial charge is 0.313 e. The van der Waals surface area contributed by atoms with E-state index in [1.54, 1.807) is 17.8 Å². The van der Waals surface area contributed by atoms with Gasteiger partial charge in [0.25, 0.3) is 0 Å². The minimum Gasteiger partial charge on any atom is -0.481 e. The van der Waals surface area contributed by atoms with Crippen molar-refractivity contribution in [2.45, 2.75) is 11.7 Å². The summed E-state index contributed by atoms with van der Waals surface area (Å²) >= 11 is 2.86. The largest absolute Gasteiger partial charge is 0.481 e.